The maximum atomic E-state index is 13.7. The number of hydrogen-bond donors (Lipinski definition) is 0. The first kappa shape index (κ1) is 25.2. The first-order valence-electron chi connectivity index (χ1n) is 12.3. The summed E-state index contributed by atoms with van der Waals surface area (Å²) in [4.78, 5) is 17.8. The van der Waals surface area contributed by atoms with E-state index in [1.54, 1.807) is 24.3 Å². The number of hydrogen-bond acceptors (Lipinski definition) is 5. The van der Waals surface area contributed by atoms with Gasteiger partial charge in [0.2, 0.25) is 5.91 Å². The van der Waals surface area contributed by atoms with E-state index in [4.69, 9.17) is 4.74 Å². The number of carbonyl (C=O) groups is 1. The number of rotatable bonds is 6. The summed E-state index contributed by atoms with van der Waals surface area (Å²) >= 11 is 0. The van der Waals surface area contributed by atoms with Crippen LogP contribution in [0, 0.1) is 5.82 Å². The molecular weight excluding hydrogens is 493 g/mol. The summed E-state index contributed by atoms with van der Waals surface area (Å²) in [6.07, 6.45) is 1.81. The molecule has 0 bridgehead atoms. The van der Waals surface area contributed by atoms with Gasteiger partial charge in [0.05, 0.1) is 23.0 Å². The zero-order valence-corrected chi connectivity index (χ0v) is 21.7. The highest BCUT2D eigenvalue weighted by Crippen LogP contribution is 2.41. The number of carbonyl (C=O) groups excluding carboxylic acids is 1. The molecule has 0 radical (unpaired) electrons. The average Bonchev–Trinajstić information content (AvgIpc) is 3.31. The van der Waals surface area contributed by atoms with Crippen molar-refractivity contribution in [3.63, 3.8) is 0 Å². The summed E-state index contributed by atoms with van der Waals surface area (Å²) in [7, 11) is -0.0107. The van der Waals surface area contributed by atoms with Crippen LogP contribution in [0.1, 0.15) is 24.3 Å². The van der Waals surface area contributed by atoms with Gasteiger partial charge in [0, 0.05) is 13.1 Å². The van der Waals surface area contributed by atoms with E-state index >= 15 is 0 Å². The molecule has 1 saturated heterocycles. The molecule has 2 aliphatic rings. The van der Waals surface area contributed by atoms with Crippen LogP contribution in [0.3, 0.4) is 0 Å². The summed E-state index contributed by atoms with van der Waals surface area (Å²) in [6.45, 7) is 1.93. The van der Waals surface area contributed by atoms with E-state index < -0.39 is 15.9 Å². The maximum absolute atomic E-state index is 13.7. The second-order valence-corrected chi connectivity index (χ2v) is 11.5. The van der Waals surface area contributed by atoms with Crippen molar-refractivity contribution in [3.8, 4) is 11.5 Å². The molecule has 1 fully saturated rings. The first-order chi connectivity index (χ1) is 17.7. The van der Waals surface area contributed by atoms with Crippen LogP contribution in [0.2, 0.25) is 0 Å². The molecule has 0 saturated carbocycles. The van der Waals surface area contributed by atoms with Gasteiger partial charge in [0.1, 0.15) is 17.3 Å². The molecule has 1 unspecified atom stereocenters. The molecule has 5 rings (SSSR count). The van der Waals surface area contributed by atoms with Crippen LogP contribution in [-0.4, -0.2) is 63.9 Å². The molecule has 0 aliphatic carbocycles. The Hall–Kier alpha value is -3.43. The van der Waals surface area contributed by atoms with Gasteiger partial charge < -0.3 is 14.5 Å². The maximum Gasteiger partial charge on any atom is 0.264 e. The Morgan fingerprint density at radius 1 is 0.946 bits per heavy atom. The van der Waals surface area contributed by atoms with Gasteiger partial charge in [0.25, 0.3) is 10.0 Å². The lowest BCUT2D eigenvalue weighted by Gasteiger charge is -2.36. The number of piperidine rings is 1. The van der Waals surface area contributed by atoms with E-state index in [-0.39, 0.29) is 29.2 Å². The fourth-order valence-corrected chi connectivity index (χ4v) is 6.57. The minimum absolute atomic E-state index is 0.0530. The summed E-state index contributed by atoms with van der Waals surface area (Å²) in [5.41, 5.74) is 1.26. The molecule has 7 nitrogen and oxygen atoms in total. The van der Waals surface area contributed by atoms with Gasteiger partial charge in [-0.25, -0.2) is 12.8 Å². The van der Waals surface area contributed by atoms with E-state index in [1.165, 1.54) is 40.7 Å². The molecule has 1 amide bonds. The molecule has 3 aromatic rings. The summed E-state index contributed by atoms with van der Waals surface area (Å²) < 4.78 is 47.6. The van der Waals surface area contributed by atoms with Crippen LogP contribution >= 0.6 is 0 Å². The highest BCUT2D eigenvalue weighted by atomic mass is 32.2. The number of fused-ring (bicyclic) bond motifs is 1. The molecule has 0 spiro atoms. The highest BCUT2D eigenvalue weighted by molar-refractivity contribution is 7.92. The SMILES string of the molecule is CN1CCC(N(C)C(=O)C2CN(S(=O)(=O)c3ccc(Oc4ccc(F)cc4)cc3)c3ccccc32)CC1. The number of ether oxygens (including phenoxy) is 1. The van der Waals surface area contributed by atoms with Crippen molar-refractivity contribution in [3.05, 3.63) is 84.2 Å². The Morgan fingerprint density at radius 3 is 2.19 bits per heavy atom. The average molecular weight is 524 g/mol. The number of sulfonamides is 1. The number of likely N-dealkylation sites (tertiary alicyclic amines) is 1. The number of nitrogens with zero attached hydrogens (tertiary/aromatic N) is 3. The van der Waals surface area contributed by atoms with Crippen molar-refractivity contribution in [2.75, 3.05) is 38.0 Å². The van der Waals surface area contributed by atoms with Crippen LogP contribution in [0.5, 0.6) is 11.5 Å². The Labute approximate surface area is 217 Å². The molecule has 3 aromatic carbocycles. The number of anilines is 1. The largest absolute Gasteiger partial charge is 0.457 e. The molecule has 1 atom stereocenters. The lowest BCUT2D eigenvalue weighted by molar-refractivity contribution is -0.134. The number of para-hydroxylation sites is 1. The number of likely N-dealkylation sites (N-methyl/N-ethyl adjacent to an activating group) is 1. The molecule has 0 aromatic heterocycles. The Bertz CT molecular complexity index is 1370. The van der Waals surface area contributed by atoms with Crippen LogP contribution in [0.15, 0.2) is 77.7 Å². The van der Waals surface area contributed by atoms with Crippen LogP contribution < -0.4 is 9.04 Å². The summed E-state index contributed by atoms with van der Waals surface area (Å²) in [5.74, 6) is -0.103. The van der Waals surface area contributed by atoms with Crippen molar-refractivity contribution in [2.24, 2.45) is 0 Å². The fourth-order valence-electron chi connectivity index (χ4n) is 5.06. The number of amides is 1. The van der Waals surface area contributed by atoms with Gasteiger partial charge in [-0.15, -0.1) is 0 Å². The van der Waals surface area contributed by atoms with Crippen molar-refractivity contribution >= 4 is 21.6 Å². The third-order valence-corrected chi connectivity index (χ3v) is 9.07. The topological polar surface area (TPSA) is 70.2 Å². The Kier molecular flexibility index (Phi) is 6.92. The zero-order valence-electron chi connectivity index (χ0n) is 20.9. The third-order valence-electron chi connectivity index (χ3n) is 7.27. The molecule has 194 valence electrons. The van der Waals surface area contributed by atoms with Gasteiger partial charge in [-0.05, 0) is 93.1 Å². The van der Waals surface area contributed by atoms with Gasteiger partial charge in [-0.3, -0.25) is 9.10 Å². The number of benzene rings is 3. The second kappa shape index (κ2) is 10.1. The molecule has 9 heteroatoms. The summed E-state index contributed by atoms with van der Waals surface area (Å²) in [5, 5.41) is 0. The van der Waals surface area contributed by atoms with Gasteiger partial charge in [-0.2, -0.15) is 0 Å². The van der Waals surface area contributed by atoms with Gasteiger partial charge in [0.15, 0.2) is 0 Å². The minimum Gasteiger partial charge on any atom is -0.457 e. The van der Waals surface area contributed by atoms with E-state index in [9.17, 15) is 17.6 Å². The lowest BCUT2D eigenvalue weighted by atomic mass is 9.97. The predicted molar refractivity (Wildman–Crippen MR) is 140 cm³/mol. The van der Waals surface area contributed by atoms with Crippen molar-refractivity contribution < 1.29 is 22.3 Å². The van der Waals surface area contributed by atoms with Crippen LogP contribution in [-0.2, 0) is 14.8 Å². The zero-order chi connectivity index (χ0) is 26.2. The third kappa shape index (κ3) is 5.06. The highest BCUT2D eigenvalue weighted by Gasteiger charge is 2.41. The first-order valence-corrected chi connectivity index (χ1v) is 13.8. The Morgan fingerprint density at radius 2 is 1.54 bits per heavy atom. The fraction of sp³-hybridized carbons (Fsp3) is 0.321. The van der Waals surface area contributed by atoms with E-state index in [0.717, 1.165) is 31.5 Å². The van der Waals surface area contributed by atoms with E-state index in [0.29, 0.717) is 17.2 Å². The normalized spacial score (nSPS) is 18.5. The Balaban J connectivity index is 1.36. The predicted octanol–water partition coefficient (Wildman–Crippen LogP) is 4.46. The monoisotopic (exact) mass is 523 g/mol. The standard InChI is InChI=1S/C28H30FN3O4S/c1-30-17-15-21(16-18-30)31(2)28(33)26-19-32(27-6-4-3-5-25(26)27)37(34,35)24-13-11-23(12-14-24)36-22-9-7-20(29)8-10-22/h3-14,21,26H,15-19H2,1-2H3. The van der Waals surface area contributed by atoms with Crippen molar-refractivity contribution in [2.45, 2.75) is 29.7 Å². The van der Waals surface area contributed by atoms with E-state index in [1.807, 2.05) is 24.1 Å². The second-order valence-electron chi connectivity index (χ2n) is 9.66. The quantitative estimate of drug-likeness (QED) is 0.477. The van der Waals surface area contributed by atoms with Gasteiger partial charge in [-0.1, -0.05) is 18.2 Å². The lowest BCUT2D eigenvalue weighted by Crippen LogP contribution is -2.46. The molecule has 0 N–H and O–H groups in total. The summed E-state index contributed by atoms with van der Waals surface area (Å²) in [6, 6.07) is 19.0. The van der Waals surface area contributed by atoms with Crippen molar-refractivity contribution in [1.29, 1.82) is 0 Å². The number of halogens is 1. The molecule has 37 heavy (non-hydrogen) atoms. The molecule has 2 heterocycles. The molecular formula is C28H30FN3O4S. The van der Waals surface area contributed by atoms with Crippen LogP contribution in [0.25, 0.3) is 0 Å². The smallest absolute Gasteiger partial charge is 0.264 e. The van der Waals surface area contributed by atoms with Crippen LogP contribution in [0.4, 0.5) is 10.1 Å². The minimum atomic E-state index is -3.92. The van der Waals surface area contributed by atoms with E-state index in [2.05, 4.69) is 11.9 Å². The van der Waals surface area contributed by atoms with Gasteiger partial charge >= 0.3 is 0 Å². The molecule has 2 aliphatic heterocycles. The van der Waals surface area contributed by atoms with Crippen molar-refractivity contribution in [1.82, 2.24) is 9.80 Å².